The third-order valence-electron chi connectivity index (χ3n) is 10.4. The van der Waals surface area contributed by atoms with E-state index in [1.54, 1.807) is 9.80 Å². The average Bonchev–Trinajstić information content (AvgIpc) is 3.25. The van der Waals surface area contributed by atoms with Gasteiger partial charge in [0.1, 0.15) is 5.75 Å². The molecule has 4 aliphatic rings. The van der Waals surface area contributed by atoms with Gasteiger partial charge in [0.2, 0.25) is 5.91 Å². The van der Waals surface area contributed by atoms with Crippen molar-refractivity contribution in [2.24, 2.45) is 0 Å². The summed E-state index contributed by atoms with van der Waals surface area (Å²) < 4.78 is 6.02. The van der Waals surface area contributed by atoms with Crippen molar-refractivity contribution in [3.8, 4) is 5.75 Å². The molecule has 1 atom stereocenters. The van der Waals surface area contributed by atoms with Gasteiger partial charge < -0.3 is 34.8 Å². The monoisotopic (exact) mass is 661 g/mol. The number of piperidine rings is 3. The van der Waals surface area contributed by atoms with Crippen LogP contribution in [0, 0.1) is 13.8 Å². The third-order valence-corrected chi connectivity index (χ3v) is 10.4. The molecule has 6 rings (SSSR count). The second-order valence-electron chi connectivity index (χ2n) is 13.5. The first-order valence-electron chi connectivity index (χ1n) is 17.2. The summed E-state index contributed by atoms with van der Waals surface area (Å²) in [4.78, 5) is 60.4. The van der Waals surface area contributed by atoms with Crippen LogP contribution in [0.2, 0.25) is 0 Å². The van der Waals surface area contributed by atoms with E-state index in [-0.39, 0.29) is 49.5 Å². The third kappa shape index (κ3) is 7.71. The lowest BCUT2D eigenvalue weighted by atomic mass is 9.97. The number of benzene rings is 2. The molecule has 0 saturated carbocycles. The molecule has 48 heavy (non-hydrogen) atoms. The fourth-order valence-corrected chi connectivity index (χ4v) is 7.67. The van der Waals surface area contributed by atoms with Gasteiger partial charge in [-0.1, -0.05) is 37.8 Å². The molecule has 11 heteroatoms. The second-order valence-corrected chi connectivity index (χ2v) is 13.5. The predicted octanol–water partition coefficient (Wildman–Crippen LogP) is 5.25. The molecule has 4 aliphatic heterocycles. The summed E-state index contributed by atoms with van der Waals surface area (Å²) in [6.45, 7) is 6.88. The van der Waals surface area contributed by atoms with E-state index >= 15 is 0 Å². The lowest BCUT2D eigenvalue weighted by Crippen LogP contribution is -2.53. The van der Waals surface area contributed by atoms with E-state index in [2.05, 4.69) is 5.32 Å². The number of nitrogens with zero attached hydrogens (tertiary/aromatic N) is 4. The fourth-order valence-electron chi connectivity index (χ4n) is 7.67. The summed E-state index contributed by atoms with van der Waals surface area (Å²) in [6, 6.07) is 11.5. The van der Waals surface area contributed by atoms with Gasteiger partial charge in [-0.3, -0.25) is 9.59 Å². The Hall–Kier alpha value is -4.28. The quantitative estimate of drug-likeness (QED) is 0.436. The molecule has 2 N–H and O–H groups in total. The number of likely N-dealkylation sites (tertiary alicyclic amines) is 3. The maximum Gasteiger partial charge on any atom is 0.410 e. The van der Waals surface area contributed by atoms with E-state index < -0.39 is 12.2 Å². The molecule has 0 aliphatic carbocycles. The van der Waals surface area contributed by atoms with Crippen LogP contribution in [0.5, 0.6) is 5.75 Å². The highest BCUT2D eigenvalue weighted by Crippen LogP contribution is 2.28. The van der Waals surface area contributed by atoms with E-state index in [1.807, 2.05) is 60.0 Å². The first kappa shape index (κ1) is 35.0. The Morgan fingerprint density at radius 1 is 0.854 bits per heavy atom. The van der Waals surface area contributed by atoms with Crippen molar-refractivity contribution in [1.29, 1.82) is 0 Å². The Balaban J connectivity index is 0.00000451. The van der Waals surface area contributed by atoms with Crippen LogP contribution in [0.15, 0.2) is 36.4 Å². The van der Waals surface area contributed by atoms with Crippen molar-refractivity contribution in [2.75, 3.05) is 44.6 Å². The van der Waals surface area contributed by atoms with Crippen molar-refractivity contribution in [2.45, 2.75) is 97.2 Å². The smallest absolute Gasteiger partial charge is 0.410 e. The number of urea groups is 1. The Morgan fingerprint density at radius 3 is 2.15 bits per heavy atom. The molecule has 3 saturated heterocycles. The zero-order valence-electron chi connectivity index (χ0n) is 27.6. The molecule has 2 aromatic rings. The molecule has 0 bridgehead atoms. The van der Waals surface area contributed by atoms with E-state index in [9.17, 15) is 24.3 Å². The molecule has 3 fully saturated rings. The van der Waals surface area contributed by atoms with Crippen LogP contribution in [-0.4, -0.2) is 106 Å². The normalized spacial score (nSPS) is 20.0. The number of carbonyl (C=O) groups excluding carboxylic acids is 4. The standard InChI is InChI=1S/C36H47N5O6.CH4/c1-24-21-26(22-25(2)33(24)43)23-31(34(44)38-16-11-28(12-17-38)40-15-6-5-9-32(40)42)47-36(46)39-18-13-29(14-19-39)41-20-10-27-7-3-4-8-30(27)37-35(41)45;/h3-4,7-8,21-22,28-29,31,43H,5-6,9-20,23H2,1-2H3,(H,37,45);1H4/t31-;/m1./s1. The van der Waals surface area contributed by atoms with Gasteiger partial charge in [0.05, 0.1) is 0 Å². The topological polar surface area (TPSA) is 123 Å². The van der Waals surface area contributed by atoms with Crippen LogP contribution in [0.3, 0.4) is 0 Å². The molecular formula is C37H51N5O6. The van der Waals surface area contributed by atoms with Gasteiger partial charge >= 0.3 is 12.1 Å². The number of fused-ring (bicyclic) bond motifs is 1. The van der Waals surface area contributed by atoms with Gasteiger partial charge in [-0.05, 0) is 87.1 Å². The number of carbonyl (C=O) groups is 4. The molecular weight excluding hydrogens is 610 g/mol. The number of amides is 5. The van der Waals surface area contributed by atoms with Gasteiger partial charge in [0.15, 0.2) is 6.10 Å². The number of hydrogen-bond donors (Lipinski definition) is 2. The molecule has 5 amide bonds. The molecule has 0 spiro atoms. The number of ether oxygens (including phenoxy) is 1. The molecule has 4 heterocycles. The predicted molar refractivity (Wildman–Crippen MR) is 184 cm³/mol. The molecule has 260 valence electrons. The number of para-hydroxylation sites is 1. The van der Waals surface area contributed by atoms with Gasteiger partial charge in [0.25, 0.3) is 5.91 Å². The SMILES string of the molecule is C.Cc1cc(C[C@@H](OC(=O)N2CCC(N3CCc4ccccc4NC3=O)CC2)C(=O)N2CCC(N3CCCCC3=O)CC2)cc(C)c1O. The number of aromatic hydroxyl groups is 1. The minimum absolute atomic E-state index is 0. The van der Waals surface area contributed by atoms with Crippen molar-refractivity contribution >= 4 is 29.6 Å². The Labute approximate surface area is 284 Å². The summed E-state index contributed by atoms with van der Waals surface area (Å²) in [5.74, 6) is 0.185. The number of aryl methyl sites for hydroxylation is 2. The number of nitrogens with one attached hydrogen (secondary N) is 1. The van der Waals surface area contributed by atoms with Crippen molar-refractivity contribution in [3.05, 3.63) is 58.7 Å². The van der Waals surface area contributed by atoms with E-state index in [0.717, 1.165) is 42.6 Å². The maximum absolute atomic E-state index is 14.0. The lowest BCUT2D eigenvalue weighted by Gasteiger charge is -2.41. The number of anilines is 1. The van der Waals surface area contributed by atoms with Gasteiger partial charge in [-0.2, -0.15) is 0 Å². The molecule has 0 aromatic heterocycles. The summed E-state index contributed by atoms with van der Waals surface area (Å²) in [5, 5.41) is 13.4. The number of phenolic OH excluding ortho intramolecular Hbond substituents is 1. The highest BCUT2D eigenvalue weighted by molar-refractivity contribution is 5.91. The number of rotatable bonds is 6. The zero-order valence-corrected chi connectivity index (χ0v) is 27.6. The molecule has 2 aromatic carbocycles. The molecule has 11 nitrogen and oxygen atoms in total. The van der Waals surface area contributed by atoms with Crippen molar-refractivity contribution < 1.29 is 29.0 Å². The lowest BCUT2D eigenvalue weighted by molar-refractivity contribution is -0.144. The van der Waals surface area contributed by atoms with Gasteiger partial charge in [-0.15, -0.1) is 0 Å². The summed E-state index contributed by atoms with van der Waals surface area (Å²) in [5.41, 5.74) is 4.17. The van der Waals surface area contributed by atoms with Gasteiger partial charge in [-0.25, -0.2) is 9.59 Å². The number of phenols is 1. The second kappa shape index (κ2) is 15.3. The van der Waals surface area contributed by atoms with Crippen LogP contribution in [0.4, 0.5) is 15.3 Å². The van der Waals surface area contributed by atoms with Crippen molar-refractivity contribution in [3.63, 3.8) is 0 Å². The highest BCUT2D eigenvalue weighted by Gasteiger charge is 2.37. The van der Waals surface area contributed by atoms with Crippen LogP contribution in [0.25, 0.3) is 0 Å². The zero-order chi connectivity index (χ0) is 33.1. The van der Waals surface area contributed by atoms with E-state index in [0.29, 0.717) is 76.0 Å². The van der Waals surface area contributed by atoms with Crippen molar-refractivity contribution in [1.82, 2.24) is 19.6 Å². The summed E-state index contributed by atoms with van der Waals surface area (Å²) in [6.07, 6.45) is 4.62. The minimum Gasteiger partial charge on any atom is -0.507 e. The van der Waals surface area contributed by atoms with Crippen LogP contribution in [-0.2, 0) is 27.2 Å². The highest BCUT2D eigenvalue weighted by atomic mass is 16.6. The Bertz CT molecular complexity index is 1470. The van der Waals surface area contributed by atoms with Crippen LogP contribution >= 0.6 is 0 Å². The van der Waals surface area contributed by atoms with Gasteiger partial charge in [0, 0.05) is 69.9 Å². The van der Waals surface area contributed by atoms with E-state index in [4.69, 9.17) is 4.74 Å². The maximum atomic E-state index is 14.0. The van der Waals surface area contributed by atoms with E-state index in [1.165, 1.54) is 0 Å². The van der Waals surface area contributed by atoms with Crippen LogP contribution < -0.4 is 5.32 Å². The van der Waals surface area contributed by atoms with Crippen LogP contribution in [0.1, 0.15) is 74.6 Å². The number of hydrogen-bond acceptors (Lipinski definition) is 6. The first-order chi connectivity index (χ1) is 22.7. The largest absolute Gasteiger partial charge is 0.507 e. The Morgan fingerprint density at radius 2 is 1.48 bits per heavy atom. The average molecular weight is 662 g/mol. The minimum atomic E-state index is -1.02. The first-order valence-corrected chi connectivity index (χ1v) is 17.2. The molecule has 0 unspecified atom stereocenters. The fraction of sp³-hybridized carbons (Fsp3) is 0.568. The summed E-state index contributed by atoms with van der Waals surface area (Å²) in [7, 11) is 0. The molecule has 0 radical (unpaired) electrons. The summed E-state index contributed by atoms with van der Waals surface area (Å²) >= 11 is 0. The Kier molecular flexibility index (Phi) is 11.2.